The molecular weight excluding hydrogens is 354 g/mol. The molecule has 1 aromatic carbocycles. The number of hydrogen-bond donors (Lipinski definition) is 1. The zero-order valence-electron chi connectivity index (χ0n) is 14.7. The van der Waals surface area contributed by atoms with Crippen molar-refractivity contribution < 1.29 is 18.3 Å². The molecular formula is C19H18F2N4O2. The number of anilines is 1. The summed E-state index contributed by atoms with van der Waals surface area (Å²) in [5.41, 5.74) is 4.31. The van der Waals surface area contributed by atoms with Crippen LogP contribution in [0.2, 0.25) is 0 Å². The van der Waals surface area contributed by atoms with Gasteiger partial charge in [-0.05, 0) is 31.2 Å². The largest absolute Gasteiger partial charge is 0.435 e. The molecule has 0 fully saturated rings. The lowest BCUT2D eigenvalue weighted by Gasteiger charge is -2.16. The zero-order valence-corrected chi connectivity index (χ0v) is 14.7. The molecule has 1 aliphatic rings. The molecule has 0 amide bonds. The smallest absolute Gasteiger partial charge is 0.387 e. The molecule has 0 aliphatic carbocycles. The molecule has 0 radical (unpaired) electrons. The summed E-state index contributed by atoms with van der Waals surface area (Å²) < 4.78 is 34.9. The minimum Gasteiger partial charge on any atom is -0.435 e. The average Bonchev–Trinajstić information content (AvgIpc) is 2.65. The van der Waals surface area contributed by atoms with Gasteiger partial charge in [0.1, 0.15) is 11.6 Å². The number of aromatic nitrogens is 3. The Morgan fingerprint density at radius 1 is 1.26 bits per heavy atom. The first-order chi connectivity index (χ1) is 13.1. The fraction of sp³-hybridized carbons (Fsp3) is 0.316. The minimum atomic E-state index is -2.87. The van der Waals surface area contributed by atoms with Crippen molar-refractivity contribution in [2.75, 3.05) is 11.9 Å². The Balaban J connectivity index is 1.60. The molecule has 8 heteroatoms. The first kappa shape index (κ1) is 17.5. The van der Waals surface area contributed by atoms with Gasteiger partial charge in [0, 0.05) is 34.9 Å². The molecule has 2 aromatic heterocycles. The molecule has 0 bridgehead atoms. The van der Waals surface area contributed by atoms with Crippen LogP contribution in [0.3, 0.4) is 0 Å². The van der Waals surface area contributed by atoms with Crippen LogP contribution in [0.25, 0.3) is 10.9 Å². The monoisotopic (exact) mass is 372 g/mol. The van der Waals surface area contributed by atoms with Crippen LogP contribution in [0.15, 0.2) is 30.5 Å². The van der Waals surface area contributed by atoms with Crippen LogP contribution in [-0.4, -0.2) is 28.2 Å². The van der Waals surface area contributed by atoms with E-state index in [0.717, 1.165) is 29.1 Å². The van der Waals surface area contributed by atoms with Gasteiger partial charge < -0.3 is 14.8 Å². The summed E-state index contributed by atoms with van der Waals surface area (Å²) >= 11 is 0. The normalized spacial score (nSPS) is 13.6. The van der Waals surface area contributed by atoms with E-state index in [9.17, 15) is 8.78 Å². The maximum Gasteiger partial charge on any atom is 0.387 e. The molecule has 1 N–H and O–H groups in total. The zero-order chi connectivity index (χ0) is 18.8. The molecule has 0 saturated heterocycles. The third-order valence-electron chi connectivity index (χ3n) is 4.32. The number of aryl methyl sites for hydroxylation is 1. The number of rotatable bonds is 5. The van der Waals surface area contributed by atoms with E-state index in [4.69, 9.17) is 4.74 Å². The van der Waals surface area contributed by atoms with Crippen molar-refractivity contribution in [1.29, 1.82) is 0 Å². The lowest BCUT2D eigenvalue weighted by Crippen LogP contribution is -2.15. The number of halogens is 2. The molecule has 3 heterocycles. The second-order valence-electron chi connectivity index (χ2n) is 6.28. The van der Waals surface area contributed by atoms with E-state index in [2.05, 4.69) is 25.0 Å². The van der Waals surface area contributed by atoms with Gasteiger partial charge in [-0.3, -0.25) is 4.98 Å². The van der Waals surface area contributed by atoms with Gasteiger partial charge in [-0.2, -0.15) is 8.78 Å². The summed E-state index contributed by atoms with van der Waals surface area (Å²) in [6, 6.07) is 6.57. The van der Waals surface area contributed by atoms with Gasteiger partial charge in [0.25, 0.3) is 0 Å². The molecule has 0 atom stereocenters. The summed E-state index contributed by atoms with van der Waals surface area (Å²) in [6.07, 6.45) is 2.57. The van der Waals surface area contributed by atoms with Crippen LogP contribution >= 0.6 is 0 Å². The number of ether oxygens (including phenoxy) is 2. The first-order valence-electron chi connectivity index (χ1n) is 8.60. The van der Waals surface area contributed by atoms with Gasteiger partial charge in [-0.15, -0.1) is 0 Å². The van der Waals surface area contributed by atoms with Crippen LogP contribution in [0.1, 0.15) is 22.8 Å². The molecule has 4 rings (SSSR count). The van der Waals surface area contributed by atoms with Gasteiger partial charge >= 0.3 is 6.61 Å². The summed E-state index contributed by atoms with van der Waals surface area (Å²) in [7, 11) is 0. The highest BCUT2D eigenvalue weighted by molar-refractivity contribution is 5.92. The summed E-state index contributed by atoms with van der Waals surface area (Å²) in [6.45, 7) is 0.628. The van der Waals surface area contributed by atoms with Crippen LogP contribution < -0.4 is 10.1 Å². The Morgan fingerprint density at radius 2 is 2.15 bits per heavy atom. The van der Waals surface area contributed by atoms with Crippen molar-refractivity contribution in [1.82, 2.24) is 15.0 Å². The Kier molecular flexibility index (Phi) is 4.81. The number of benzene rings is 1. The van der Waals surface area contributed by atoms with Crippen molar-refractivity contribution in [2.45, 2.75) is 33.1 Å². The Bertz CT molecular complexity index is 981. The van der Waals surface area contributed by atoms with Crippen LogP contribution in [0.5, 0.6) is 5.75 Å². The maximum absolute atomic E-state index is 12.5. The van der Waals surface area contributed by atoms with E-state index in [1.807, 2.05) is 13.0 Å². The molecule has 3 aromatic rings. The standard InChI is InChI=1S/C19H18F2N4O2/c1-11-6-17(14-7-13(27-19(20)21)2-3-16(14)24-11)22-9-18-23-8-12-10-26-5-4-15(12)25-18/h2-3,6-8,19H,4-5,9-10H2,1H3,(H,22,24). The van der Waals surface area contributed by atoms with Crippen LogP contribution in [0.4, 0.5) is 14.5 Å². The van der Waals surface area contributed by atoms with E-state index in [0.29, 0.717) is 36.5 Å². The number of nitrogens with zero attached hydrogens (tertiary/aromatic N) is 3. The van der Waals surface area contributed by atoms with Gasteiger partial charge in [-0.25, -0.2) is 9.97 Å². The summed E-state index contributed by atoms with van der Waals surface area (Å²) in [4.78, 5) is 13.4. The van der Waals surface area contributed by atoms with Crippen molar-refractivity contribution in [2.24, 2.45) is 0 Å². The van der Waals surface area contributed by atoms with Crippen LogP contribution in [0, 0.1) is 6.92 Å². The van der Waals surface area contributed by atoms with E-state index in [1.54, 1.807) is 18.3 Å². The van der Waals surface area contributed by atoms with Crippen molar-refractivity contribution in [3.8, 4) is 5.75 Å². The van der Waals surface area contributed by atoms with Gasteiger partial charge in [-0.1, -0.05) is 0 Å². The van der Waals surface area contributed by atoms with Crippen molar-refractivity contribution in [3.63, 3.8) is 0 Å². The summed E-state index contributed by atoms with van der Waals surface area (Å²) in [5, 5.41) is 3.99. The van der Waals surface area contributed by atoms with E-state index in [-0.39, 0.29) is 5.75 Å². The predicted octanol–water partition coefficient (Wildman–Crippen LogP) is 3.62. The first-order valence-corrected chi connectivity index (χ1v) is 8.60. The number of nitrogens with one attached hydrogen (secondary N) is 1. The molecule has 6 nitrogen and oxygen atoms in total. The Labute approximate surface area is 154 Å². The third-order valence-corrected chi connectivity index (χ3v) is 4.32. The predicted molar refractivity (Wildman–Crippen MR) is 95.8 cm³/mol. The van der Waals surface area contributed by atoms with Crippen molar-refractivity contribution in [3.05, 3.63) is 53.2 Å². The minimum absolute atomic E-state index is 0.0937. The lowest BCUT2D eigenvalue weighted by atomic mass is 10.1. The second-order valence-corrected chi connectivity index (χ2v) is 6.28. The molecule has 0 unspecified atom stereocenters. The SMILES string of the molecule is Cc1cc(NCc2ncc3c(n2)CCOC3)c2cc(OC(F)F)ccc2n1. The quantitative estimate of drug-likeness (QED) is 0.738. The maximum atomic E-state index is 12.5. The fourth-order valence-electron chi connectivity index (χ4n) is 3.09. The highest BCUT2D eigenvalue weighted by atomic mass is 19.3. The van der Waals surface area contributed by atoms with Gasteiger partial charge in [0.15, 0.2) is 0 Å². The fourth-order valence-corrected chi connectivity index (χ4v) is 3.09. The number of alkyl halides is 2. The Morgan fingerprint density at radius 3 is 3.00 bits per heavy atom. The van der Waals surface area contributed by atoms with E-state index < -0.39 is 6.61 Å². The molecule has 0 saturated carbocycles. The lowest BCUT2D eigenvalue weighted by molar-refractivity contribution is -0.0497. The third kappa shape index (κ3) is 3.95. The Hall–Kier alpha value is -2.87. The number of pyridine rings is 1. The van der Waals surface area contributed by atoms with E-state index in [1.165, 1.54) is 6.07 Å². The molecule has 27 heavy (non-hydrogen) atoms. The highest BCUT2D eigenvalue weighted by Gasteiger charge is 2.13. The topological polar surface area (TPSA) is 69.2 Å². The van der Waals surface area contributed by atoms with E-state index >= 15 is 0 Å². The number of fused-ring (bicyclic) bond motifs is 2. The van der Waals surface area contributed by atoms with Crippen molar-refractivity contribution >= 4 is 16.6 Å². The van der Waals surface area contributed by atoms with Crippen LogP contribution in [-0.2, 0) is 24.3 Å². The molecule has 140 valence electrons. The molecule has 1 aliphatic heterocycles. The highest BCUT2D eigenvalue weighted by Crippen LogP contribution is 2.28. The average molecular weight is 372 g/mol. The summed E-state index contributed by atoms with van der Waals surface area (Å²) in [5.74, 6) is 0.759. The van der Waals surface area contributed by atoms with Gasteiger partial charge in [0.05, 0.1) is 31.0 Å². The molecule has 0 spiro atoms. The number of hydrogen-bond acceptors (Lipinski definition) is 6. The van der Waals surface area contributed by atoms with Gasteiger partial charge in [0.2, 0.25) is 0 Å². The second kappa shape index (κ2) is 7.40.